The van der Waals surface area contributed by atoms with E-state index in [0.29, 0.717) is 12.6 Å². The van der Waals surface area contributed by atoms with Crippen molar-refractivity contribution in [3.05, 3.63) is 11.3 Å². The van der Waals surface area contributed by atoms with Crippen molar-refractivity contribution in [2.24, 2.45) is 0 Å². The van der Waals surface area contributed by atoms with Crippen molar-refractivity contribution >= 4 is 5.82 Å². The van der Waals surface area contributed by atoms with Gasteiger partial charge in [0.15, 0.2) is 0 Å². The van der Waals surface area contributed by atoms with Crippen molar-refractivity contribution in [3.8, 4) is 6.01 Å². The molecule has 1 heterocycles. The molecule has 1 aromatic rings. The molecule has 0 aliphatic rings. The van der Waals surface area contributed by atoms with Gasteiger partial charge in [0.2, 0.25) is 0 Å². The van der Waals surface area contributed by atoms with Gasteiger partial charge in [-0.05, 0) is 20.8 Å². The maximum atomic E-state index is 5.28. The molecule has 0 aliphatic heterocycles. The summed E-state index contributed by atoms with van der Waals surface area (Å²) in [4.78, 5) is 10.5. The number of rotatable bonds is 3. The van der Waals surface area contributed by atoms with E-state index < -0.39 is 0 Å². The van der Waals surface area contributed by atoms with Crippen LogP contribution in [0.4, 0.5) is 5.82 Å². The van der Waals surface area contributed by atoms with Gasteiger partial charge in [-0.25, -0.2) is 4.98 Å². The van der Waals surface area contributed by atoms with Crippen molar-refractivity contribution in [2.45, 2.75) is 20.8 Å². The number of aromatic nitrogens is 2. The predicted molar refractivity (Wildman–Crippen MR) is 57.0 cm³/mol. The minimum Gasteiger partial charge on any atom is -0.464 e. The molecule has 0 spiro atoms. The fourth-order valence-electron chi connectivity index (χ4n) is 1.22. The van der Waals surface area contributed by atoms with Crippen molar-refractivity contribution in [1.82, 2.24) is 9.97 Å². The van der Waals surface area contributed by atoms with E-state index in [-0.39, 0.29) is 0 Å². The molecule has 1 rings (SSSR count). The zero-order valence-electron chi connectivity index (χ0n) is 9.46. The molecule has 0 aromatic carbocycles. The monoisotopic (exact) mass is 195 g/mol. The number of nitrogens with zero attached hydrogens (tertiary/aromatic N) is 3. The fraction of sp³-hybridized carbons (Fsp3) is 0.600. The molecule has 0 atom stereocenters. The van der Waals surface area contributed by atoms with Crippen molar-refractivity contribution in [1.29, 1.82) is 0 Å². The number of hydrogen-bond acceptors (Lipinski definition) is 4. The zero-order valence-corrected chi connectivity index (χ0v) is 9.46. The lowest BCUT2D eigenvalue weighted by Crippen LogP contribution is -2.14. The van der Waals surface area contributed by atoms with Crippen LogP contribution >= 0.6 is 0 Å². The standard InChI is InChI=1S/C10H17N3O/c1-6-14-10-11-8(3)7(2)9(12-10)13(4)5/h6H2,1-5H3. The smallest absolute Gasteiger partial charge is 0.318 e. The molecule has 0 amide bonds. The number of hydrogen-bond donors (Lipinski definition) is 0. The van der Waals surface area contributed by atoms with Crippen LogP contribution in [0.25, 0.3) is 0 Å². The van der Waals surface area contributed by atoms with E-state index in [9.17, 15) is 0 Å². The van der Waals surface area contributed by atoms with Crippen LogP contribution in [-0.4, -0.2) is 30.7 Å². The lowest BCUT2D eigenvalue weighted by molar-refractivity contribution is 0.311. The van der Waals surface area contributed by atoms with Gasteiger partial charge in [0, 0.05) is 25.4 Å². The maximum Gasteiger partial charge on any atom is 0.318 e. The van der Waals surface area contributed by atoms with Gasteiger partial charge in [0.1, 0.15) is 5.82 Å². The van der Waals surface area contributed by atoms with Crippen molar-refractivity contribution < 1.29 is 4.74 Å². The normalized spacial score (nSPS) is 10.1. The Bertz CT molecular complexity index is 323. The third kappa shape index (κ3) is 2.13. The second-order valence-electron chi connectivity index (χ2n) is 3.37. The van der Waals surface area contributed by atoms with E-state index in [4.69, 9.17) is 4.74 Å². The van der Waals surface area contributed by atoms with Crippen LogP contribution in [0.5, 0.6) is 6.01 Å². The first kappa shape index (κ1) is 10.8. The minimum absolute atomic E-state index is 0.458. The quantitative estimate of drug-likeness (QED) is 0.733. The Hall–Kier alpha value is -1.32. The highest BCUT2D eigenvalue weighted by atomic mass is 16.5. The first-order valence-electron chi connectivity index (χ1n) is 4.71. The second-order valence-corrected chi connectivity index (χ2v) is 3.37. The van der Waals surface area contributed by atoms with E-state index in [1.54, 1.807) is 0 Å². The Morgan fingerprint density at radius 1 is 1.21 bits per heavy atom. The minimum atomic E-state index is 0.458. The van der Waals surface area contributed by atoms with Gasteiger partial charge < -0.3 is 9.64 Å². The van der Waals surface area contributed by atoms with Gasteiger partial charge in [-0.15, -0.1) is 0 Å². The van der Waals surface area contributed by atoms with Gasteiger partial charge in [0.05, 0.1) is 6.61 Å². The molecule has 0 N–H and O–H groups in total. The van der Waals surface area contributed by atoms with E-state index in [1.165, 1.54) is 0 Å². The van der Waals surface area contributed by atoms with Crippen LogP contribution in [0.15, 0.2) is 0 Å². The molecule has 1 aromatic heterocycles. The highest BCUT2D eigenvalue weighted by Crippen LogP contribution is 2.19. The van der Waals surface area contributed by atoms with E-state index in [2.05, 4.69) is 9.97 Å². The van der Waals surface area contributed by atoms with Crippen LogP contribution in [0.1, 0.15) is 18.2 Å². The van der Waals surface area contributed by atoms with E-state index >= 15 is 0 Å². The number of ether oxygens (including phenoxy) is 1. The summed E-state index contributed by atoms with van der Waals surface area (Å²) in [6.45, 7) is 6.50. The summed E-state index contributed by atoms with van der Waals surface area (Å²) in [6, 6.07) is 0.458. The topological polar surface area (TPSA) is 38.2 Å². The van der Waals surface area contributed by atoms with Crippen molar-refractivity contribution in [3.63, 3.8) is 0 Å². The molecule has 0 aliphatic carbocycles. The maximum absolute atomic E-state index is 5.28. The Morgan fingerprint density at radius 3 is 2.36 bits per heavy atom. The Morgan fingerprint density at radius 2 is 1.86 bits per heavy atom. The number of anilines is 1. The van der Waals surface area contributed by atoms with E-state index in [0.717, 1.165) is 17.1 Å². The highest BCUT2D eigenvalue weighted by Gasteiger charge is 2.09. The van der Waals surface area contributed by atoms with E-state index in [1.807, 2.05) is 39.8 Å². The second kappa shape index (κ2) is 4.26. The summed E-state index contributed by atoms with van der Waals surface area (Å²) >= 11 is 0. The summed E-state index contributed by atoms with van der Waals surface area (Å²) in [5, 5.41) is 0. The highest BCUT2D eigenvalue weighted by molar-refractivity contribution is 5.47. The molecular weight excluding hydrogens is 178 g/mol. The molecule has 0 radical (unpaired) electrons. The van der Waals surface area contributed by atoms with Crippen LogP contribution in [0.2, 0.25) is 0 Å². The molecule has 4 heteroatoms. The summed E-state index contributed by atoms with van der Waals surface area (Å²) < 4.78 is 5.28. The lowest BCUT2D eigenvalue weighted by Gasteiger charge is -2.16. The van der Waals surface area contributed by atoms with Gasteiger partial charge in [0.25, 0.3) is 0 Å². The molecule has 14 heavy (non-hydrogen) atoms. The SMILES string of the molecule is CCOc1nc(C)c(C)c(N(C)C)n1. The molecule has 0 fully saturated rings. The van der Waals surface area contributed by atoms with Gasteiger partial charge in [-0.3, -0.25) is 0 Å². The molecule has 4 nitrogen and oxygen atoms in total. The fourth-order valence-corrected chi connectivity index (χ4v) is 1.22. The summed E-state index contributed by atoms with van der Waals surface area (Å²) in [7, 11) is 3.93. The van der Waals surface area contributed by atoms with Gasteiger partial charge in [-0.2, -0.15) is 4.98 Å². The van der Waals surface area contributed by atoms with Crippen LogP contribution in [0, 0.1) is 13.8 Å². The molecule has 78 valence electrons. The van der Waals surface area contributed by atoms with Gasteiger partial charge >= 0.3 is 6.01 Å². The molecule has 0 bridgehead atoms. The molecule has 0 saturated carbocycles. The lowest BCUT2D eigenvalue weighted by atomic mass is 10.2. The average molecular weight is 195 g/mol. The predicted octanol–water partition coefficient (Wildman–Crippen LogP) is 1.56. The summed E-state index contributed by atoms with van der Waals surface area (Å²) in [6.07, 6.45) is 0. The number of aryl methyl sites for hydroxylation is 1. The first-order chi connectivity index (χ1) is 6.56. The third-order valence-electron chi connectivity index (χ3n) is 2.04. The largest absolute Gasteiger partial charge is 0.464 e. The van der Waals surface area contributed by atoms with Crippen molar-refractivity contribution in [2.75, 3.05) is 25.6 Å². The molecule has 0 unspecified atom stereocenters. The van der Waals surface area contributed by atoms with Crippen LogP contribution in [-0.2, 0) is 0 Å². The van der Waals surface area contributed by atoms with Crippen LogP contribution in [0.3, 0.4) is 0 Å². The molecule has 0 saturated heterocycles. The Balaban J connectivity index is 3.14. The third-order valence-corrected chi connectivity index (χ3v) is 2.04. The first-order valence-corrected chi connectivity index (χ1v) is 4.71. The average Bonchev–Trinajstić information content (AvgIpc) is 2.11. The zero-order chi connectivity index (χ0) is 10.7. The summed E-state index contributed by atoms with van der Waals surface area (Å²) in [5.41, 5.74) is 2.06. The Kier molecular flexibility index (Phi) is 3.28. The van der Waals surface area contributed by atoms with Crippen LogP contribution < -0.4 is 9.64 Å². The Labute approximate surface area is 84.9 Å². The summed E-state index contributed by atoms with van der Waals surface area (Å²) in [5.74, 6) is 0.918. The molecular formula is C10H17N3O. The van der Waals surface area contributed by atoms with Gasteiger partial charge in [-0.1, -0.05) is 0 Å².